The topological polar surface area (TPSA) is 560 Å². The number of aliphatic carboxylic acids is 2. The molecule has 0 aliphatic rings. The van der Waals surface area contributed by atoms with Gasteiger partial charge in [0.1, 0.15) is 0 Å². The second kappa shape index (κ2) is 38.9. The molecule has 39 nitrogen and oxygen atoms in total. The number of hydrogen-bond donors (Lipinski definition) is 19. The highest BCUT2D eigenvalue weighted by Crippen LogP contribution is 2.21. The molecule has 6 aromatic heterocycles. The van der Waals surface area contributed by atoms with Crippen LogP contribution in [0.1, 0.15) is 32.3 Å². The molecule has 0 spiro atoms. The van der Waals surface area contributed by atoms with Crippen LogP contribution in [-0.2, 0) is 15.3 Å². The Kier molecular flexibility index (Phi) is 29.6. The first kappa shape index (κ1) is 69.9. The number of carboxylic acid groups (broad SMARTS) is 2. The van der Waals surface area contributed by atoms with E-state index in [0.717, 1.165) is 11.3 Å². The standard InChI is InChI=1S/C49H74ClN35O4S3/c1-3-90-47-69-32(53)68-33(81-47)58-17-23-66-45-80-46(85-49(84-45)92-27-28-5-7-29(50)8-6-28)67-26-22-62-40-73-35(55-14-10-31(88)89)72-39(77-40)61-20-24-64-43-79-44(83-48(82-43)91-4-2)65-25-21-63-42-76-37(57-16-12-52)75-41(78-42)60-19-18-59-38-71-34(54-13-9-30(86)87)70-36(74-38)56-15-11-51/h5-8H,3-4,9-27,51-52H2,1-2H3,(H,86,87)(H,88,89)(H3,53,58,68,69,81)(H2,64,65,79,82,83)(H2,66,67,80,84,85)(H3,54,56,59,70,71,74)(H3,55,61,62,72,73,77)(H3,57,60,63,75,76,78). The Labute approximate surface area is 544 Å². The average molecular weight is 1350 g/mol. The fourth-order valence-corrected chi connectivity index (χ4v) is 9.23. The van der Waals surface area contributed by atoms with E-state index in [1.54, 1.807) is 0 Å². The Morgan fingerprint density at radius 1 is 0.435 bits per heavy atom. The van der Waals surface area contributed by atoms with Crippen LogP contribution in [0, 0.1) is 0 Å². The Morgan fingerprint density at radius 3 is 1.16 bits per heavy atom. The van der Waals surface area contributed by atoms with Crippen LogP contribution < -0.4 is 92.2 Å². The molecule has 1 aromatic carbocycles. The van der Waals surface area contributed by atoms with Crippen LogP contribution in [0.4, 0.5) is 77.3 Å². The van der Waals surface area contributed by atoms with Gasteiger partial charge in [0, 0.05) is 102 Å². The molecule has 22 N–H and O–H groups in total. The van der Waals surface area contributed by atoms with Crippen molar-refractivity contribution < 1.29 is 19.8 Å². The summed E-state index contributed by atoms with van der Waals surface area (Å²) in [7, 11) is 0. The molecule has 43 heteroatoms. The summed E-state index contributed by atoms with van der Waals surface area (Å²) in [6.45, 7) is 9.03. The summed E-state index contributed by atoms with van der Waals surface area (Å²) in [5.41, 5.74) is 19.0. The number of anilines is 13. The van der Waals surface area contributed by atoms with Crippen molar-refractivity contribution in [2.24, 2.45) is 21.5 Å². The van der Waals surface area contributed by atoms with Gasteiger partial charge in [0.25, 0.3) is 0 Å². The minimum atomic E-state index is -0.984. The van der Waals surface area contributed by atoms with Crippen molar-refractivity contribution in [1.82, 2.24) is 89.7 Å². The number of thioether (sulfide) groups is 3. The van der Waals surface area contributed by atoms with Gasteiger partial charge in [0.05, 0.1) is 25.9 Å². The molecule has 7 aromatic rings. The summed E-state index contributed by atoms with van der Waals surface area (Å²) in [5, 5.41) is 58.1. The number of aromatic nitrogens is 18. The van der Waals surface area contributed by atoms with Crippen LogP contribution in [0.3, 0.4) is 0 Å². The lowest BCUT2D eigenvalue weighted by atomic mass is 10.2. The first-order valence-corrected chi connectivity index (χ1v) is 32.2. The zero-order valence-electron chi connectivity index (χ0n) is 50.3. The van der Waals surface area contributed by atoms with Crippen molar-refractivity contribution in [3.8, 4) is 0 Å². The average Bonchev–Trinajstić information content (AvgIpc) is 3.12. The van der Waals surface area contributed by atoms with E-state index in [9.17, 15) is 14.7 Å². The maximum absolute atomic E-state index is 11.4. The fourth-order valence-electron chi connectivity index (χ4n) is 7.17. The maximum Gasteiger partial charge on any atom is 0.305 e. The molecule has 0 atom stereocenters. The van der Waals surface area contributed by atoms with Crippen molar-refractivity contribution in [2.75, 3.05) is 186 Å². The lowest BCUT2D eigenvalue weighted by molar-refractivity contribution is -0.137. The highest BCUT2D eigenvalue weighted by molar-refractivity contribution is 7.99. The minimum absolute atomic E-state index is 0.0733. The van der Waals surface area contributed by atoms with Crippen LogP contribution >= 0.6 is 46.9 Å². The van der Waals surface area contributed by atoms with E-state index in [0.29, 0.717) is 146 Å². The molecule has 7 rings (SSSR count). The van der Waals surface area contributed by atoms with Crippen molar-refractivity contribution in [3.05, 3.63) is 46.1 Å². The lowest BCUT2D eigenvalue weighted by Crippen LogP contribution is -2.22. The summed E-state index contributed by atoms with van der Waals surface area (Å²) in [4.78, 5) is 109. The largest absolute Gasteiger partial charge is 0.481 e. The third-order valence-electron chi connectivity index (χ3n) is 11.1. The van der Waals surface area contributed by atoms with Crippen LogP contribution in [0.25, 0.3) is 0 Å². The first-order valence-electron chi connectivity index (χ1n) is 28.9. The zero-order valence-corrected chi connectivity index (χ0v) is 53.5. The predicted molar refractivity (Wildman–Crippen MR) is 356 cm³/mol. The number of benzene rings is 1. The molecule has 0 amide bonds. The molecule has 0 aliphatic carbocycles. The SMILES string of the molecule is CCSc1nc(NCCNc2nc(NCCN)nc(NCCNc3nc(NCCN)nc(NCCC(=O)O)n3)n2)nc(NCCNc2nc(NCCN=c3nc(SCc4ccc(Cl)cc4)nc(NCCN=c4nc(SCC)nc(N)[nH]4)[nH]3)nc(NCCC(=O)O)n2)n1. The summed E-state index contributed by atoms with van der Waals surface area (Å²) < 4.78 is 0. The molecule has 6 heterocycles. The van der Waals surface area contributed by atoms with Crippen LogP contribution in [0.2, 0.25) is 5.02 Å². The summed E-state index contributed by atoms with van der Waals surface area (Å²) in [6.07, 6.45) is -0.281. The normalized spacial score (nSPS) is 11.4. The molecule has 0 saturated heterocycles. The number of H-pyrrole nitrogens is 2. The highest BCUT2D eigenvalue weighted by atomic mass is 35.5. The number of nitrogens with one attached hydrogen (secondary N) is 14. The van der Waals surface area contributed by atoms with Crippen LogP contribution in [-0.4, -0.2) is 228 Å². The minimum Gasteiger partial charge on any atom is -0.481 e. The smallest absolute Gasteiger partial charge is 0.305 e. The van der Waals surface area contributed by atoms with Gasteiger partial charge in [0.2, 0.25) is 88.6 Å². The molecule has 0 radical (unpaired) electrons. The van der Waals surface area contributed by atoms with E-state index in [1.807, 2.05) is 38.1 Å². The van der Waals surface area contributed by atoms with Gasteiger partial charge in [-0.25, -0.2) is 9.98 Å². The van der Waals surface area contributed by atoms with E-state index >= 15 is 0 Å². The van der Waals surface area contributed by atoms with Gasteiger partial charge < -0.3 is 91.2 Å². The molecule has 0 unspecified atom stereocenters. The Bertz CT molecular complexity index is 3580. The fraction of sp³-hybridized carbons (Fsp3) is 0.469. The summed E-state index contributed by atoms with van der Waals surface area (Å²) in [5.74, 6) is 3.63. The van der Waals surface area contributed by atoms with Gasteiger partial charge in [0.15, 0.2) is 15.5 Å². The molecule has 0 saturated carbocycles. The number of carboxylic acids is 2. The number of nitrogen functional groups attached to an aromatic ring is 1. The third-order valence-corrected chi connectivity index (χ3v) is 13.8. The van der Waals surface area contributed by atoms with Crippen molar-refractivity contribution in [3.63, 3.8) is 0 Å². The number of halogens is 1. The van der Waals surface area contributed by atoms with Gasteiger partial charge in [-0.2, -0.15) is 79.7 Å². The Morgan fingerprint density at radius 2 is 0.772 bits per heavy atom. The number of nitrogens with two attached hydrogens (primary N) is 3. The van der Waals surface area contributed by atoms with Gasteiger partial charge >= 0.3 is 11.9 Å². The van der Waals surface area contributed by atoms with Crippen molar-refractivity contribution in [2.45, 2.75) is 47.9 Å². The molecule has 0 bridgehead atoms. The van der Waals surface area contributed by atoms with E-state index in [1.165, 1.54) is 35.3 Å². The number of aromatic amines is 2. The first-order chi connectivity index (χ1) is 44.8. The van der Waals surface area contributed by atoms with E-state index in [4.69, 9.17) is 38.9 Å². The second-order valence-electron chi connectivity index (χ2n) is 18.4. The van der Waals surface area contributed by atoms with E-state index < -0.39 is 11.9 Å². The maximum atomic E-state index is 11.4. The Hall–Kier alpha value is -9.52. The van der Waals surface area contributed by atoms with Crippen LogP contribution in [0.5, 0.6) is 0 Å². The van der Waals surface area contributed by atoms with Gasteiger partial charge in [-0.1, -0.05) is 72.9 Å². The summed E-state index contributed by atoms with van der Waals surface area (Å²) >= 11 is 10.5. The number of carbonyl (C=O) groups is 2. The van der Waals surface area contributed by atoms with Gasteiger partial charge in [-0.3, -0.25) is 19.6 Å². The monoisotopic (exact) mass is 1350 g/mol. The zero-order chi connectivity index (χ0) is 65.1. The number of nitrogens with zero attached hydrogens (tertiary/aromatic N) is 18. The van der Waals surface area contributed by atoms with Gasteiger partial charge in [-0.05, 0) is 29.2 Å². The molecular weight excluding hydrogens is 1270 g/mol. The van der Waals surface area contributed by atoms with Gasteiger partial charge in [-0.15, -0.1) is 0 Å². The predicted octanol–water partition coefficient (Wildman–Crippen LogP) is 0.527. The molecule has 494 valence electrons. The van der Waals surface area contributed by atoms with Crippen LogP contribution in [0.15, 0.2) is 49.7 Å². The lowest BCUT2D eigenvalue weighted by Gasteiger charge is -2.13. The number of rotatable bonds is 44. The van der Waals surface area contributed by atoms with Crippen molar-refractivity contribution >= 4 is 136 Å². The Balaban J connectivity index is 0.925. The summed E-state index contributed by atoms with van der Waals surface area (Å²) in [6, 6.07) is 7.54. The molecule has 0 aliphatic heterocycles. The molecular formula is C49H74ClN35O4S3. The third kappa shape index (κ3) is 26.5. The van der Waals surface area contributed by atoms with Crippen molar-refractivity contribution in [1.29, 1.82) is 0 Å². The highest BCUT2D eigenvalue weighted by Gasteiger charge is 2.14. The molecule has 92 heavy (non-hydrogen) atoms. The van der Waals surface area contributed by atoms with E-state index in [2.05, 4.69) is 159 Å². The second-order valence-corrected chi connectivity index (χ2v) is 22.2. The van der Waals surface area contributed by atoms with E-state index in [-0.39, 0.29) is 92.6 Å². The quantitative estimate of drug-likeness (QED) is 0.0183. The molecule has 0 fully saturated rings. The number of hydrogen-bond acceptors (Lipinski definition) is 38.